The highest BCUT2D eigenvalue weighted by atomic mass is 32.2. The third kappa shape index (κ3) is 2.67. The molecule has 2 rings (SSSR count). The topological polar surface area (TPSA) is 43.8 Å². The van der Waals surface area contributed by atoms with Crippen LogP contribution < -0.4 is 5.73 Å². The number of nitrogens with two attached hydrogens (primary N) is 1. The second-order valence-electron chi connectivity index (χ2n) is 4.23. The van der Waals surface area contributed by atoms with Crippen molar-refractivity contribution >= 4 is 29.0 Å². The molecule has 1 aromatic carbocycles. The van der Waals surface area contributed by atoms with Crippen molar-refractivity contribution in [1.82, 2.24) is 9.55 Å². The molecule has 0 saturated heterocycles. The van der Waals surface area contributed by atoms with Crippen molar-refractivity contribution < 1.29 is 0 Å². The largest absolute Gasteiger partial charge is 0.389 e. The Morgan fingerprint density at radius 2 is 2.16 bits per heavy atom. The number of hydrogen-bond donors (Lipinski definition) is 1. The Balaban J connectivity index is 2.66. The lowest BCUT2D eigenvalue weighted by Crippen LogP contribution is -2.15. The van der Waals surface area contributed by atoms with E-state index in [0.29, 0.717) is 4.99 Å². The summed E-state index contributed by atoms with van der Waals surface area (Å²) in [5.74, 6) is 0.987. The first kappa shape index (κ1) is 14.1. The molecule has 0 saturated carbocycles. The summed E-state index contributed by atoms with van der Waals surface area (Å²) in [7, 11) is 0. The summed E-state index contributed by atoms with van der Waals surface area (Å²) in [6.45, 7) is 6.16. The van der Waals surface area contributed by atoms with Gasteiger partial charge in [-0.2, -0.15) is 0 Å². The van der Waals surface area contributed by atoms with Crippen molar-refractivity contribution in [2.45, 2.75) is 25.7 Å². The van der Waals surface area contributed by atoms with Crippen LogP contribution in [0.15, 0.2) is 29.4 Å². The Labute approximate surface area is 123 Å². The first-order valence-electron chi connectivity index (χ1n) is 6.12. The lowest BCUT2D eigenvalue weighted by Gasteiger charge is -2.15. The third-order valence-electron chi connectivity index (χ3n) is 3.06. The lowest BCUT2D eigenvalue weighted by molar-refractivity contribution is 0.990. The molecule has 2 aromatic rings. The number of thioether (sulfide) groups is 1. The minimum Gasteiger partial charge on any atom is -0.389 e. The smallest absolute Gasteiger partial charge is 0.107 e. The molecule has 0 unspecified atom stereocenters. The SMILES string of the molecule is CCSc1cccc(-n2cnc(C)c2C)c1C(N)=S. The summed E-state index contributed by atoms with van der Waals surface area (Å²) in [6, 6.07) is 6.12. The van der Waals surface area contributed by atoms with Crippen LogP contribution in [0.25, 0.3) is 5.69 Å². The van der Waals surface area contributed by atoms with E-state index in [1.165, 1.54) is 0 Å². The molecule has 0 aliphatic rings. The number of nitrogens with zero attached hydrogens (tertiary/aromatic N) is 2. The van der Waals surface area contributed by atoms with Crippen LogP contribution >= 0.6 is 24.0 Å². The van der Waals surface area contributed by atoms with Gasteiger partial charge in [-0.1, -0.05) is 25.2 Å². The highest BCUT2D eigenvalue weighted by Crippen LogP contribution is 2.28. The summed E-state index contributed by atoms with van der Waals surface area (Å²) in [4.78, 5) is 5.89. The zero-order valence-corrected chi connectivity index (χ0v) is 12.9. The number of benzene rings is 1. The van der Waals surface area contributed by atoms with Crippen molar-refractivity contribution in [3.8, 4) is 5.69 Å². The molecule has 0 aliphatic carbocycles. The number of imidazole rings is 1. The summed E-state index contributed by atoms with van der Waals surface area (Å²) < 4.78 is 2.05. The van der Waals surface area contributed by atoms with E-state index in [-0.39, 0.29) is 0 Å². The van der Waals surface area contributed by atoms with E-state index >= 15 is 0 Å². The van der Waals surface area contributed by atoms with Gasteiger partial charge in [0.25, 0.3) is 0 Å². The molecule has 2 N–H and O–H groups in total. The molecule has 1 heterocycles. The molecule has 1 aromatic heterocycles. The normalized spacial score (nSPS) is 10.7. The first-order chi connectivity index (χ1) is 9.06. The summed E-state index contributed by atoms with van der Waals surface area (Å²) >= 11 is 6.98. The van der Waals surface area contributed by atoms with Gasteiger partial charge in [0.2, 0.25) is 0 Å². The van der Waals surface area contributed by atoms with E-state index in [2.05, 4.69) is 18.0 Å². The van der Waals surface area contributed by atoms with Crippen molar-refractivity contribution in [3.05, 3.63) is 41.5 Å². The predicted molar refractivity (Wildman–Crippen MR) is 85.3 cm³/mol. The first-order valence-corrected chi connectivity index (χ1v) is 7.52. The van der Waals surface area contributed by atoms with E-state index in [1.807, 2.05) is 36.9 Å². The van der Waals surface area contributed by atoms with E-state index in [4.69, 9.17) is 18.0 Å². The minimum absolute atomic E-state index is 0.428. The van der Waals surface area contributed by atoms with Gasteiger partial charge in [-0.05, 0) is 31.7 Å². The highest BCUT2D eigenvalue weighted by molar-refractivity contribution is 7.99. The molecule has 19 heavy (non-hydrogen) atoms. The Kier molecular flexibility index (Phi) is 4.27. The van der Waals surface area contributed by atoms with Gasteiger partial charge in [-0.15, -0.1) is 11.8 Å². The molecule has 0 aliphatic heterocycles. The molecule has 0 fully saturated rings. The highest BCUT2D eigenvalue weighted by Gasteiger charge is 2.14. The van der Waals surface area contributed by atoms with Crippen molar-refractivity contribution in [3.63, 3.8) is 0 Å². The molecule has 0 bridgehead atoms. The van der Waals surface area contributed by atoms with Crippen LogP contribution in [0.4, 0.5) is 0 Å². The van der Waals surface area contributed by atoms with Crippen LogP contribution in [0.3, 0.4) is 0 Å². The zero-order chi connectivity index (χ0) is 14.0. The number of hydrogen-bond acceptors (Lipinski definition) is 3. The fourth-order valence-corrected chi connectivity index (χ4v) is 3.11. The second-order valence-corrected chi connectivity index (χ2v) is 5.98. The summed E-state index contributed by atoms with van der Waals surface area (Å²) in [5, 5.41) is 0. The molecular formula is C14H17N3S2. The van der Waals surface area contributed by atoms with Gasteiger partial charge in [0.1, 0.15) is 4.99 Å². The molecule has 0 atom stereocenters. The van der Waals surface area contributed by atoms with E-state index in [9.17, 15) is 0 Å². The third-order valence-corrected chi connectivity index (χ3v) is 4.21. The van der Waals surface area contributed by atoms with Gasteiger partial charge in [0.15, 0.2) is 0 Å². The maximum absolute atomic E-state index is 5.92. The quantitative estimate of drug-likeness (QED) is 0.694. The van der Waals surface area contributed by atoms with Gasteiger partial charge in [0, 0.05) is 16.2 Å². The van der Waals surface area contributed by atoms with Crippen molar-refractivity contribution in [2.75, 3.05) is 5.75 Å². The van der Waals surface area contributed by atoms with Gasteiger partial charge in [0.05, 0.1) is 17.7 Å². The number of aromatic nitrogens is 2. The summed E-state index contributed by atoms with van der Waals surface area (Å²) in [6.07, 6.45) is 1.82. The standard InChI is InChI=1S/C14H17N3S2/c1-4-19-12-7-5-6-11(13(12)14(15)18)17-8-16-9(2)10(17)3/h5-8H,4H2,1-3H3,(H2,15,18). The predicted octanol–water partition coefficient (Wildman–Crippen LogP) is 3.24. The van der Waals surface area contributed by atoms with E-state index < -0.39 is 0 Å². The number of rotatable bonds is 4. The number of aryl methyl sites for hydroxylation is 1. The van der Waals surface area contributed by atoms with Crippen LogP contribution in [-0.2, 0) is 0 Å². The van der Waals surface area contributed by atoms with Gasteiger partial charge in [-0.25, -0.2) is 4.98 Å². The lowest BCUT2D eigenvalue weighted by atomic mass is 10.1. The van der Waals surface area contributed by atoms with Crippen LogP contribution in [0.5, 0.6) is 0 Å². The summed E-state index contributed by atoms with van der Waals surface area (Å²) in [5.41, 5.74) is 9.99. The fourth-order valence-electron chi connectivity index (χ4n) is 1.99. The zero-order valence-electron chi connectivity index (χ0n) is 11.3. The van der Waals surface area contributed by atoms with Gasteiger partial charge >= 0.3 is 0 Å². The molecular weight excluding hydrogens is 274 g/mol. The average Bonchev–Trinajstić information content (AvgIpc) is 2.70. The maximum Gasteiger partial charge on any atom is 0.107 e. The average molecular weight is 291 g/mol. The Morgan fingerprint density at radius 1 is 1.42 bits per heavy atom. The minimum atomic E-state index is 0.428. The Bertz CT molecular complexity index is 617. The Hall–Kier alpha value is -1.33. The van der Waals surface area contributed by atoms with Crippen LogP contribution in [0, 0.1) is 13.8 Å². The molecule has 100 valence electrons. The van der Waals surface area contributed by atoms with Gasteiger partial charge < -0.3 is 10.3 Å². The molecule has 3 nitrogen and oxygen atoms in total. The molecule has 0 amide bonds. The monoisotopic (exact) mass is 291 g/mol. The van der Waals surface area contributed by atoms with Crippen LogP contribution in [-0.4, -0.2) is 20.3 Å². The molecule has 5 heteroatoms. The second kappa shape index (κ2) is 5.75. The van der Waals surface area contributed by atoms with Crippen molar-refractivity contribution in [1.29, 1.82) is 0 Å². The van der Waals surface area contributed by atoms with E-state index in [1.54, 1.807) is 11.8 Å². The Morgan fingerprint density at radius 3 is 2.68 bits per heavy atom. The van der Waals surface area contributed by atoms with Crippen LogP contribution in [0.2, 0.25) is 0 Å². The molecule has 0 radical (unpaired) electrons. The fraction of sp³-hybridized carbons (Fsp3) is 0.286. The maximum atomic E-state index is 5.92. The van der Waals surface area contributed by atoms with E-state index in [0.717, 1.165) is 33.3 Å². The number of thiocarbonyl (C=S) groups is 1. The van der Waals surface area contributed by atoms with Crippen LogP contribution in [0.1, 0.15) is 23.9 Å². The van der Waals surface area contributed by atoms with Crippen molar-refractivity contribution in [2.24, 2.45) is 5.73 Å². The van der Waals surface area contributed by atoms with Gasteiger partial charge in [-0.3, -0.25) is 0 Å². The molecule has 0 spiro atoms.